The summed E-state index contributed by atoms with van der Waals surface area (Å²) in [5.41, 5.74) is 12.9. The van der Waals surface area contributed by atoms with Gasteiger partial charge < -0.3 is 0 Å². The molecule has 0 saturated carbocycles. The summed E-state index contributed by atoms with van der Waals surface area (Å²) in [5, 5.41) is 12.9. The highest BCUT2D eigenvalue weighted by Gasteiger charge is 2.36. The second kappa shape index (κ2) is 11.2. The lowest BCUT2D eigenvalue weighted by molar-refractivity contribution is 0.661. The lowest BCUT2D eigenvalue weighted by atomic mass is 9.80. The van der Waals surface area contributed by atoms with Gasteiger partial charge in [-0.25, -0.2) is 0 Å². The summed E-state index contributed by atoms with van der Waals surface area (Å²) >= 11 is 0. The summed E-state index contributed by atoms with van der Waals surface area (Å²) in [6.07, 6.45) is 0. The van der Waals surface area contributed by atoms with Crippen molar-refractivity contribution in [1.82, 2.24) is 0 Å². The molecule has 0 radical (unpaired) electrons. The normalized spacial score (nSPS) is 13.2. The highest BCUT2D eigenvalue weighted by atomic mass is 14.4. The lowest BCUT2D eigenvalue weighted by Crippen LogP contribution is -2.15. The molecule has 0 spiro atoms. The van der Waals surface area contributed by atoms with E-state index >= 15 is 0 Å². The molecule has 53 heavy (non-hydrogen) atoms. The molecule has 0 amide bonds. The first-order valence-electron chi connectivity index (χ1n) is 18.7. The predicted molar refractivity (Wildman–Crippen MR) is 228 cm³/mol. The van der Waals surface area contributed by atoms with Gasteiger partial charge in [0.05, 0.1) is 0 Å². The molecule has 11 rings (SSSR count). The fourth-order valence-electron chi connectivity index (χ4n) is 9.44. The van der Waals surface area contributed by atoms with Gasteiger partial charge in [0.15, 0.2) is 0 Å². The van der Waals surface area contributed by atoms with Crippen LogP contribution in [-0.4, -0.2) is 0 Å². The summed E-state index contributed by atoms with van der Waals surface area (Å²) in [6.45, 7) is 4.78. The molecule has 248 valence electrons. The van der Waals surface area contributed by atoms with E-state index in [4.69, 9.17) is 0 Å². The van der Waals surface area contributed by atoms with Crippen molar-refractivity contribution >= 4 is 53.9 Å². The van der Waals surface area contributed by atoms with Gasteiger partial charge in [-0.1, -0.05) is 178 Å². The number of fused-ring (bicyclic) bond motifs is 11. The van der Waals surface area contributed by atoms with Crippen LogP contribution in [0.25, 0.3) is 98.4 Å². The van der Waals surface area contributed by atoms with E-state index in [0.29, 0.717) is 0 Å². The molecule has 0 bridgehead atoms. The van der Waals surface area contributed by atoms with Gasteiger partial charge in [0, 0.05) is 5.41 Å². The monoisotopic (exact) mass is 672 g/mol. The molecule has 0 aromatic heterocycles. The van der Waals surface area contributed by atoms with Crippen LogP contribution in [0.15, 0.2) is 182 Å². The molecular weight excluding hydrogens is 637 g/mol. The minimum atomic E-state index is -0.130. The van der Waals surface area contributed by atoms with Crippen molar-refractivity contribution in [3.05, 3.63) is 193 Å². The quantitative estimate of drug-likeness (QED) is 0.164. The average molecular weight is 673 g/mol. The zero-order valence-electron chi connectivity index (χ0n) is 29.8. The van der Waals surface area contributed by atoms with Crippen LogP contribution in [0.5, 0.6) is 0 Å². The van der Waals surface area contributed by atoms with Gasteiger partial charge in [-0.05, 0) is 128 Å². The van der Waals surface area contributed by atoms with Crippen LogP contribution in [0.1, 0.15) is 25.0 Å². The van der Waals surface area contributed by atoms with E-state index in [-0.39, 0.29) is 5.41 Å². The fraction of sp³-hybridized carbons (Fsp3) is 0.0566. The summed E-state index contributed by atoms with van der Waals surface area (Å²) in [6, 6.07) is 67.9. The Morgan fingerprint density at radius 2 is 0.642 bits per heavy atom. The molecule has 0 saturated heterocycles. The smallest absolute Gasteiger partial charge is 0.0159 e. The minimum Gasteiger partial charge on any atom is -0.0616 e. The molecule has 0 aliphatic heterocycles. The van der Waals surface area contributed by atoms with Crippen LogP contribution >= 0.6 is 0 Å². The molecule has 0 fully saturated rings. The first kappa shape index (κ1) is 30.2. The highest BCUT2D eigenvalue weighted by molar-refractivity contribution is 6.26. The highest BCUT2D eigenvalue weighted by Crippen LogP contribution is 2.51. The zero-order valence-corrected chi connectivity index (χ0v) is 29.8. The third kappa shape index (κ3) is 4.42. The fourth-order valence-corrected chi connectivity index (χ4v) is 9.44. The molecule has 0 heterocycles. The van der Waals surface area contributed by atoms with Crippen molar-refractivity contribution in [2.75, 3.05) is 0 Å². The molecule has 0 unspecified atom stereocenters. The number of hydrogen-bond donors (Lipinski definition) is 0. The van der Waals surface area contributed by atoms with E-state index < -0.39 is 0 Å². The zero-order chi connectivity index (χ0) is 35.3. The molecule has 10 aromatic rings. The van der Waals surface area contributed by atoms with Crippen LogP contribution in [0.3, 0.4) is 0 Å². The number of benzene rings is 10. The Balaban J connectivity index is 1.03. The van der Waals surface area contributed by atoms with E-state index in [2.05, 4.69) is 196 Å². The summed E-state index contributed by atoms with van der Waals surface area (Å²) in [7, 11) is 0. The maximum Gasteiger partial charge on any atom is 0.0159 e. The topological polar surface area (TPSA) is 0 Å². The second-order valence-electron chi connectivity index (χ2n) is 15.2. The Hall–Kier alpha value is -6.50. The van der Waals surface area contributed by atoms with Crippen molar-refractivity contribution in [2.24, 2.45) is 0 Å². The Morgan fingerprint density at radius 1 is 0.264 bits per heavy atom. The van der Waals surface area contributed by atoms with Gasteiger partial charge in [-0.2, -0.15) is 0 Å². The number of hydrogen-bond acceptors (Lipinski definition) is 0. The maximum atomic E-state index is 2.46. The lowest BCUT2D eigenvalue weighted by Gasteiger charge is -2.23. The second-order valence-corrected chi connectivity index (χ2v) is 15.2. The van der Waals surface area contributed by atoms with Gasteiger partial charge >= 0.3 is 0 Å². The van der Waals surface area contributed by atoms with Gasteiger partial charge in [0.25, 0.3) is 0 Å². The van der Waals surface area contributed by atoms with Crippen molar-refractivity contribution < 1.29 is 0 Å². The summed E-state index contributed by atoms with van der Waals surface area (Å²) in [5.74, 6) is 0. The van der Waals surface area contributed by atoms with Crippen LogP contribution in [-0.2, 0) is 5.41 Å². The van der Waals surface area contributed by atoms with Gasteiger partial charge in [-0.15, -0.1) is 0 Å². The van der Waals surface area contributed by atoms with Crippen molar-refractivity contribution in [2.45, 2.75) is 19.3 Å². The average Bonchev–Trinajstić information content (AvgIpc) is 3.44. The van der Waals surface area contributed by atoms with Crippen LogP contribution in [0, 0.1) is 0 Å². The summed E-state index contributed by atoms with van der Waals surface area (Å²) < 4.78 is 0. The molecule has 0 heteroatoms. The maximum absolute atomic E-state index is 2.46. The minimum absolute atomic E-state index is 0.130. The Morgan fingerprint density at radius 3 is 1.21 bits per heavy atom. The first-order chi connectivity index (χ1) is 26.0. The number of rotatable bonds is 3. The van der Waals surface area contributed by atoms with Crippen molar-refractivity contribution in [3.8, 4) is 44.5 Å². The molecule has 1 aliphatic carbocycles. The Kier molecular flexibility index (Phi) is 6.40. The SMILES string of the molecule is CC1(C)c2cc(-c3cccc4ccccc34)ccc2-c2ccc(-c3cccc4c(-c5ccc6c7ccccc7c7ccccc7c6c5)cccc34)cc21. The van der Waals surface area contributed by atoms with Crippen molar-refractivity contribution in [1.29, 1.82) is 0 Å². The third-order valence-electron chi connectivity index (χ3n) is 12.1. The standard InChI is InChI=1S/C53H36/c1-53(2)51-31-35(38-19-9-13-33-12-3-4-14-37(33)38)25-28-48(51)49-29-26-36(32-52(49)53)40-21-11-22-41-39(20-10-23-42(40)41)34-24-27-47-45-17-6-5-15-43(45)44-16-7-8-18-46(44)50(47)30-34/h3-32H,1-2H3. The molecule has 10 aromatic carbocycles. The molecule has 1 aliphatic rings. The Labute approximate surface area is 309 Å². The van der Waals surface area contributed by atoms with E-state index in [1.165, 1.54) is 109 Å². The van der Waals surface area contributed by atoms with E-state index in [9.17, 15) is 0 Å². The van der Waals surface area contributed by atoms with Gasteiger partial charge in [0.2, 0.25) is 0 Å². The largest absolute Gasteiger partial charge is 0.0616 e. The molecule has 0 N–H and O–H groups in total. The van der Waals surface area contributed by atoms with Gasteiger partial charge in [-0.3, -0.25) is 0 Å². The third-order valence-corrected chi connectivity index (χ3v) is 12.1. The van der Waals surface area contributed by atoms with E-state index in [1.54, 1.807) is 0 Å². The first-order valence-corrected chi connectivity index (χ1v) is 18.7. The van der Waals surface area contributed by atoms with E-state index in [0.717, 1.165) is 0 Å². The van der Waals surface area contributed by atoms with Crippen LogP contribution < -0.4 is 0 Å². The molecule has 0 atom stereocenters. The van der Waals surface area contributed by atoms with Crippen LogP contribution in [0.4, 0.5) is 0 Å². The summed E-state index contributed by atoms with van der Waals surface area (Å²) in [4.78, 5) is 0. The predicted octanol–water partition coefficient (Wildman–Crippen LogP) is 14.8. The van der Waals surface area contributed by atoms with Gasteiger partial charge in [0.1, 0.15) is 0 Å². The van der Waals surface area contributed by atoms with Crippen molar-refractivity contribution in [3.63, 3.8) is 0 Å². The molecule has 0 nitrogen and oxygen atoms in total. The Bertz CT molecular complexity index is 3100. The van der Waals surface area contributed by atoms with Crippen LogP contribution in [0.2, 0.25) is 0 Å². The van der Waals surface area contributed by atoms with E-state index in [1.807, 2.05) is 0 Å². The molecular formula is C53H36.